The van der Waals surface area contributed by atoms with E-state index in [9.17, 15) is 0 Å². The van der Waals surface area contributed by atoms with Crippen LogP contribution < -0.4 is 11.1 Å². The van der Waals surface area contributed by atoms with E-state index in [0.29, 0.717) is 12.5 Å². The van der Waals surface area contributed by atoms with Crippen molar-refractivity contribution < 1.29 is 0 Å². The number of rotatable bonds is 4. The third-order valence-electron chi connectivity index (χ3n) is 1.68. The summed E-state index contributed by atoms with van der Waals surface area (Å²) in [5, 5.41) is 3.11. The molecule has 0 aliphatic carbocycles. The highest BCUT2D eigenvalue weighted by Crippen LogP contribution is 2.12. The average Bonchev–Trinajstić information content (AvgIpc) is 2.15. The molecule has 70 valence electrons. The summed E-state index contributed by atoms with van der Waals surface area (Å²) in [4.78, 5) is 8.01. The maximum atomic E-state index is 5.47. The molecule has 1 rings (SSSR count). The van der Waals surface area contributed by atoms with Crippen LogP contribution in [-0.4, -0.2) is 16.5 Å². The van der Waals surface area contributed by atoms with E-state index >= 15 is 0 Å². The van der Waals surface area contributed by atoms with E-state index in [1.54, 1.807) is 12.3 Å². The van der Waals surface area contributed by atoms with Gasteiger partial charge in [0.1, 0.15) is 5.82 Å². The summed E-state index contributed by atoms with van der Waals surface area (Å²) in [5.41, 5.74) is 6.53. The van der Waals surface area contributed by atoms with Crippen LogP contribution in [0.2, 0.25) is 0 Å². The Morgan fingerprint density at radius 3 is 3.08 bits per heavy atom. The molecule has 0 radical (unpaired) electrons. The van der Waals surface area contributed by atoms with Gasteiger partial charge in [0.2, 0.25) is 5.95 Å². The maximum Gasteiger partial charge on any atom is 0.221 e. The lowest BCUT2D eigenvalue weighted by atomic mass is 10.2. The van der Waals surface area contributed by atoms with Gasteiger partial charge < -0.3 is 11.1 Å². The van der Waals surface area contributed by atoms with Gasteiger partial charge in [0, 0.05) is 18.3 Å². The summed E-state index contributed by atoms with van der Waals surface area (Å²) in [5.74, 6) is 1.10. The van der Waals surface area contributed by atoms with E-state index in [4.69, 9.17) is 5.73 Å². The summed E-state index contributed by atoms with van der Waals surface area (Å²) < 4.78 is 0. The topological polar surface area (TPSA) is 63.8 Å². The molecule has 0 aromatic carbocycles. The van der Waals surface area contributed by atoms with Gasteiger partial charge in [-0.15, -0.1) is 6.58 Å². The van der Waals surface area contributed by atoms with Crippen molar-refractivity contribution in [2.45, 2.75) is 13.3 Å². The first kappa shape index (κ1) is 9.51. The molecule has 13 heavy (non-hydrogen) atoms. The molecule has 0 spiro atoms. The highest BCUT2D eigenvalue weighted by molar-refractivity contribution is 5.46. The summed E-state index contributed by atoms with van der Waals surface area (Å²) in [6.45, 7) is 6.35. The fourth-order valence-electron chi connectivity index (χ4n) is 1.00. The van der Waals surface area contributed by atoms with E-state index in [-0.39, 0.29) is 0 Å². The van der Waals surface area contributed by atoms with Gasteiger partial charge in [-0.05, 0) is 6.42 Å². The predicted octanol–water partition coefficient (Wildman–Crippen LogP) is 1.22. The van der Waals surface area contributed by atoms with Crippen LogP contribution >= 0.6 is 0 Å². The first-order valence-corrected chi connectivity index (χ1v) is 4.24. The Bertz CT molecular complexity index is 296. The fourth-order valence-corrected chi connectivity index (χ4v) is 1.00. The van der Waals surface area contributed by atoms with Gasteiger partial charge in [0.05, 0.1) is 0 Å². The first-order valence-electron chi connectivity index (χ1n) is 4.24. The first-order chi connectivity index (χ1) is 6.27. The van der Waals surface area contributed by atoms with Crippen LogP contribution in [0.3, 0.4) is 0 Å². The molecule has 1 aromatic heterocycles. The number of nitrogens with one attached hydrogen (secondary N) is 1. The molecule has 0 saturated heterocycles. The van der Waals surface area contributed by atoms with Gasteiger partial charge >= 0.3 is 0 Å². The predicted molar refractivity (Wildman–Crippen MR) is 54.5 cm³/mol. The molecule has 4 heteroatoms. The Balaban J connectivity index is 2.87. The Morgan fingerprint density at radius 2 is 2.46 bits per heavy atom. The number of nitrogens with two attached hydrogens (primary N) is 1. The van der Waals surface area contributed by atoms with Crippen molar-refractivity contribution in [3.05, 3.63) is 24.4 Å². The molecule has 0 unspecified atom stereocenters. The number of aromatic nitrogens is 2. The monoisotopic (exact) mass is 178 g/mol. The molecule has 0 amide bonds. The third-order valence-corrected chi connectivity index (χ3v) is 1.68. The second kappa shape index (κ2) is 4.45. The molecule has 0 saturated carbocycles. The van der Waals surface area contributed by atoms with Gasteiger partial charge in [-0.3, -0.25) is 0 Å². The van der Waals surface area contributed by atoms with E-state index < -0.39 is 0 Å². The van der Waals surface area contributed by atoms with Crippen LogP contribution in [0.15, 0.2) is 18.9 Å². The van der Waals surface area contributed by atoms with Gasteiger partial charge in [0.25, 0.3) is 0 Å². The number of hydrogen-bond donors (Lipinski definition) is 2. The van der Waals surface area contributed by atoms with E-state index in [2.05, 4.69) is 21.9 Å². The van der Waals surface area contributed by atoms with Crippen molar-refractivity contribution in [3.63, 3.8) is 0 Å². The van der Waals surface area contributed by atoms with Crippen molar-refractivity contribution in [2.75, 3.05) is 17.6 Å². The second-order valence-corrected chi connectivity index (χ2v) is 2.63. The normalized spacial score (nSPS) is 9.62. The highest BCUT2D eigenvalue weighted by Gasteiger charge is 2.01. The highest BCUT2D eigenvalue weighted by atomic mass is 15.1. The van der Waals surface area contributed by atoms with Gasteiger partial charge in [-0.1, -0.05) is 13.0 Å². The smallest absolute Gasteiger partial charge is 0.221 e. The molecule has 0 atom stereocenters. The summed E-state index contributed by atoms with van der Waals surface area (Å²) in [6, 6.07) is 0. The van der Waals surface area contributed by atoms with E-state index in [1.165, 1.54) is 0 Å². The van der Waals surface area contributed by atoms with Gasteiger partial charge in [-0.2, -0.15) is 4.98 Å². The number of anilines is 2. The van der Waals surface area contributed by atoms with Gasteiger partial charge in [0.15, 0.2) is 0 Å². The molecule has 1 heterocycles. The van der Waals surface area contributed by atoms with E-state index in [1.807, 2.05) is 6.92 Å². The number of nitrogen functional groups attached to an aromatic ring is 1. The number of aryl methyl sites for hydroxylation is 1. The lowest BCUT2D eigenvalue weighted by Crippen LogP contribution is -2.06. The average molecular weight is 178 g/mol. The minimum atomic E-state index is 0.295. The molecular weight excluding hydrogens is 164 g/mol. The summed E-state index contributed by atoms with van der Waals surface area (Å²) in [6.07, 6.45) is 4.41. The molecule has 0 aliphatic rings. The lowest BCUT2D eigenvalue weighted by Gasteiger charge is -2.07. The van der Waals surface area contributed by atoms with Crippen molar-refractivity contribution in [1.29, 1.82) is 0 Å². The SMILES string of the molecule is C=CCNc1nc(N)ncc1CC. The zero-order chi connectivity index (χ0) is 9.68. The van der Waals surface area contributed by atoms with Crippen LogP contribution in [0.25, 0.3) is 0 Å². The largest absolute Gasteiger partial charge is 0.368 e. The Labute approximate surface area is 77.9 Å². The van der Waals surface area contributed by atoms with Crippen molar-refractivity contribution in [3.8, 4) is 0 Å². The lowest BCUT2D eigenvalue weighted by molar-refractivity contribution is 1.04. The van der Waals surface area contributed by atoms with Crippen molar-refractivity contribution >= 4 is 11.8 Å². The quantitative estimate of drug-likeness (QED) is 0.680. The number of nitrogens with zero attached hydrogens (tertiary/aromatic N) is 2. The van der Waals surface area contributed by atoms with Crippen LogP contribution in [0.1, 0.15) is 12.5 Å². The van der Waals surface area contributed by atoms with Crippen LogP contribution in [0.4, 0.5) is 11.8 Å². The minimum Gasteiger partial charge on any atom is -0.368 e. The third kappa shape index (κ3) is 2.43. The Morgan fingerprint density at radius 1 is 1.69 bits per heavy atom. The number of hydrogen-bond acceptors (Lipinski definition) is 4. The van der Waals surface area contributed by atoms with Crippen molar-refractivity contribution in [1.82, 2.24) is 9.97 Å². The second-order valence-electron chi connectivity index (χ2n) is 2.63. The standard InChI is InChI=1S/C9H14N4/c1-3-5-11-8-7(4-2)6-12-9(10)13-8/h3,6H,1,4-5H2,2H3,(H3,10,11,12,13). The molecule has 1 aromatic rings. The zero-order valence-electron chi connectivity index (χ0n) is 7.75. The van der Waals surface area contributed by atoms with E-state index in [0.717, 1.165) is 17.8 Å². The van der Waals surface area contributed by atoms with Crippen LogP contribution in [0, 0.1) is 0 Å². The molecule has 0 bridgehead atoms. The van der Waals surface area contributed by atoms with Gasteiger partial charge in [-0.25, -0.2) is 4.98 Å². The van der Waals surface area contributed by atoms with Crippen LogP contribution in [0.5, 0.6) is 0 Å². The zero-order valence-corrected chi connectivity index (χ0v) is 7.75. The maximum absolute atomic E-state index is 5.47. The fraction of sp³-hybridized carbons (Fsp3) is 0.333. The van der Waals surface area contributed by atoms with Crippen molar-refractivity contribution in [2.24, 2.45) is 0 Å². The summed E-state index contributed by atoms with van der Waals surface area (Å²) >= 11 is 0. The molecule has 3 N–H and O–H groups in total. The summed E-state index contributed by atoms with van der Waals surface area (Å²) in [7, 11) is 0. The molecule has 4 nitrogen and oxygen atoms in total. The van der Waals surface area contributed by atoms with Crippen LogP contribution in [-0.2, 0) is 6.42 Å². The molecular formula is C9H14N4. The Hall–Kier alpha value is -1.58. The minimum absolute atomic E-state index is 0.295. The molecule has 0 aliphatic heterocycles. The Kier molecular flexibility index (Phi) is 3.25. The molecule has 0 fully saturated rings.